The van der Waals surface area contributed by atoms with E-state index in [1.807, 2.05) is 12.1 Å². The van der Waals surface area contributed by atoms with Gasteiger partial charge in [-0.3, -0.25) is 0 Å². The number of nitrogens with zero attached hydrogens (tertiary/aromatic N) is 2. The van der Waals surface area contributed by atoms with Crippen molar-refractivity contribution in [2.45, 2.75) is 0 Å². The first kappa shape index (κ1) is 11.6. The number of benzene rings is 2. The molecule has 0 aromatic heterocycles. The van der Waals surface area contributed by atoms with Gasteiger partial charge in [0.2, 0.25) is 0 Å². The molecular formula is C12H9BrN2O2. The maximum Gasteiger partial charge on any atom is 0.146 e. The van der Waals surface area contributed by atoms with Gasteiger partial charge in [0.25, 0.3) is 0 Å². The molecule has 0 atom stereocenters. The Morgan fingerprint density at radius 3 is 2.24 bits per heavy atom. The lowest BCUT2D eigenvalue weighted by atomic mass is 10.3. The zero-order valence-electron chi connectivity index (χ0n) is 8.71. The Bertz CT molecular complexity index is 553. The van der Waals surface area contributed by atoms with E-state index in [0.29, 0.717) is 11.4 Å². The van der Waals surface area contributed by atoms with Crippen LogP contribution in [-0.4, -0.2) is 10.2 Å². The van der Waals surface area contributed by atoms with Crippen LogP contribution in [0.4, 0.5) is 11.4 Å². The van der Waals surface area contributed by atoms with Gasteiger partial charge in [0.1, 0.15) is 17.2 Å². The standard InChI is InChI=1S/C12H9BrN2O2/c13-8-1-3-9(4-2-8)14-15-11-6-5-10(16)7-12(11)17/h1-7,16-17H. The van der Waals surface area contributed by atoms with E-state index in [-0.39, 0.29) is 11.5 Å². The fourth-order valence-corrected chi connectivity index (χ4v) is 1.48. The van der Waals surface area contributed by atoms with Gasteiger partial charge in [-0.2, -0.15) is 5.11 Å². The quantitative estimate of drug-likeness (QED) is 0.812. The van der Waals surface area contributed by atoms with Crippen molar-refractivity contribution in [3.05, 3.63) is 46.9 Å². The van der Waals surface area contributed by atoms with Crippen LogP contribution in [0.3, 0.4) is 0 Å². The summed E-state index contributed by atoms with van der Waals surface area (Å²) >= 11 is 3.32. The van der Waals surface area contributed by atoms with Gasteiger partial charge in [-0.25, -0.2) is 0 Å². The number of hydrogen-bond acceptors (Lipinski definition) is 4. The molecule has 4 nitrogen and oxygen atoms in total. The fraction of sp³-hybridized carbons (Fsp3) is 0. The minimum atomic E-state index is -0.106. The maximum absolute atomic E-state index is 9.49. The first-order chi connectivity index (χ1) is 8.15. The molecule has 0 heterocycles. The highest BCUT2D eigenvalue weighted by molar-refractivity contribution is 9.10. The van der Waals surface area contributed by atoms with Crippen LogP contribution in [0.5, 0.6) is 11.5 Å². The summed E-state index contributed by atoms with van der Waals surface area (Å²) in [4.78, 5) is 0. The zero-order valence-corrected chi connectivity index (χ0v) is 10.3. The first-order valence-corrected chi connectivity index (χ1v) is 5.64. The zero-order chi connectivity index (χ0) is 12.3. The summed E-state index contributed by atoms with van der Waals surface area (Å²) in [6.45, 7) is 0. The Labute approximate surface area is 106 Å². The van der Waals surface area contributed by atoms with Crippen molar-refractivity contribution in [2.24, 2.45) is 10.2 Å². The molecule has 86 valence electrons. The Kier molecular flexibility index (Phi) is 3.39. The van der Waals surface area contributed by atoms with Gasteiger partial charge in [0.15, 0.2) is 0 Å². The smallest absolute Gasteiger partial charge is 0.146 e. The van der Waals surface area contributed by atoms with Crippen LogP contribution in [0, 0.1) is 0 Å². The normalized spacial score (nSPS) is 10.9. The maximum atomic E-state index is 9.49. The second-order valence-electron chi connectivity index (χ2n) is 3.35. The summed E-state index contributed by atoms with van der Waals surface area (Å²) in [5.41, 5.74) is 0.992. The Balaban J connectivity index is 2.23. The number of phenols is 2. The predicted octanol–water partition coefficient (Wildman–Crippen LogP) is 4.28. The molecule has 0 unspecified atom stereocenters. The van der Waals surface area contributed by atoms with Crippen molar-refractivity contribution in [3.63, 3.8) is 0 Å². The second-order valence-corrected chi connectivity index (χ2v) is 4.27. The molecule has 0 aliphatic carbocycles. The summed E-state index contributed by atoms with van der Waals surface area (Å²) < 4.78 is 0.962. The van der Waals surface area contributed by atoms with E-state index in [1.54, 1.807) is 12.1 Å². The van der Waals surface area contributed by atoms with E-state index < -0.39 is 0 Å². The molecule has 0 fully saturated rings. The number of hydrogen-bond donors (Lipinski definition) is 2. The number of aromatic hydroxyl groups is 2. The minimum absolute atomic E-state index is 0.00917. The average molecular weight is 293 g/mol. The Hall–Kier alpha value is -1.88. The third kappa shape index (κ3) is 3.04. The topological polar surface area (TPSA) is 65.2 Å². The number of phenolic OH excluding ortho intramolecular Hbond substituents is 2. The SMILES string of the molecule is Oc1ccc(N=Nc2ccc(Br)cc2)c(O)c1. The molecule has 17 heavy (non-hydrogen) atoms. The number of azo groups is 1. The monoisotopic (exact) mass is 292 g/mol. The molecule has 0 aliphatic heterocycles. The highest BCUT2D eigenvalue weighted by Crippen LogP contribution is 2.31. The Morgan fingerprint density at radius 2 is 1.59 bits per heavy atom. The van der Waals surface area contributed by atoms with Crippen molar-refractivity contribution in [1.29, 1.82) is 0 Å². The molecule has 5 heteroatoms. The van der Waals surface area contributed by atoms with Gasteiger partial charge in [0, 0.05) is 10.5 Å². The molecule has 0 aliphatic rings. The summed E-state index contributed by atoms with van der Waals surface area (Å²) in [6.07, 6.45) is 0. The first-order valence-electron chi connectivity index (χ1n) is 4.84. The van der Waals surface area contributed by atoms with Crippen LogP contribution in [0.25, 0.3) is 0 Å². The third-order valence-electron chi connectivity index (χ3n) is 2.06. The molecule has 2 rings (SSSR count). The van der Waals surface area contributed by atoms with E-state index in [4.69, 9.17) is 5.11 Å². The molecule has 2 aromatic carbocycles. The van der Waals surface area contributed by atoms with E-state index in [2.05, 4.69) is 26.2 Å². The lowest BCUT2D eigenvalue weighted by Gasteiger charge is -1.98. The van der Waals surface area contributed by atoms with Crippen LogP contribution in [0.2, 0.25) is 0 Å². The summed E-state index contributed by atoms with van der Waals surface area (Å²) in [5.74, 6) is -0.115. The Morgan fingerprint density at radius 1 is 0.882 bits per heavy atom. The third-order valence-corrected chi connectivity index (χ3v) is 2.59. The van der Waals surface area contributed by atoms with Crippen LogP contribution >= 0.6 is 15.9 Å². The molecule has 2 aromatic rings. The van der Waals surface area contributed by atoms with Gasteiger partial charge in [-0.1, -0.05) is 15.9 Å². The summed E-state index contributed by atoms with van der Waals surface area (Å²) in [6, 6.07) is 11.4. The lowest BCUT2D eigenvalue weighted by molar-refractivity contribution is 0.451. The average Bonchev–Trinajstić information content (AvgIpc) is 2.30. The number of halogens is 1. The van der Waals surface area contributed by atoms with Crippen molar-refractivity contribution in [1.82, 2.24) is 0 Å². The molecule has 0 radical (unpaired) electrons. The van der Waals surface area contributed by atoms with E-state index in [9.17, 15) is 5.11 Å². The van der Waals surface area contributed by atoms with Crippen molar-refractivity contribution in [3.8, 4) is 11.5 Å². The fourth-order valence-electron chi connectivity index (χ4n) is 1.22. The highest BCUT2D eigenvalue weighted by atomic mass is 79.9. The van der Waals surface area contributed by atoms with E-state index >= 15 is 0 Å². The van der Waals surface area contributed by atoms with Gasteiger partial charge in [-0.15, -0.1) is 5.11 Å². The molecule has 0 spiro atoms. The van der Waals surface area contributed by atoms with E-state index in [0.717, 1.165) is 4.47 Å². The van der Waals surface area contributed by atoms with Crippen molar-refractivity contribution in [2.75, 3.05) is 0 Å². The minimum Gasteiger partial charge on any atom is -0.508 e. The number of rotatable bonds is 2. The van der Waals surface area contributed by atoms with Crippen LogP contribution < -0.4 is 0 Å². The molecule has 0 saturated carbocycles. The van der Waals surface area contributed by atoms with Gasteiger partial charge in [-0.05, 0) is 36.4 Å². The summed E-state index contributed by atoms with van der Waals surface area (Å²) in [7, 11) is 0. The van der Waals surface area contributed by atoms with E-state index in [1.165, 1.54) is 18.2 Å². The van der Waals surface area contributed by atoms with Gasteiger partial charge < -0.3 is 10.2 Å². The van der Waals surface area contributed by atoms with Crippen molar-refractivity contribution < 1.29 is 10.2 Å². The van der Waals surface area contributed by atoms with Crippen molar-refractivity contribution >= 4 is 27.3 Å². The highest BCUT2D eigenvalue weighted by Gasteiger charge is 2.00. The van der Waals surface area contributed by atoms with Crippen LogP contribution in [0.1, 0.15) is 0 Å². The molecular weight excluding hydrogens is 284 g/mol. The molecule has 0 amide bonds. The largest absolute Gasteiger partial charge is 0.508 e. The van der Waals surface area contributed by atoms with Gasteiger partial charge >= 0.3 is 0 Å². The second kappa shape index (κ2) is 4.97. The molecule has 0 bridgehead atoms. The lowest BCUT2D eigenvalue weighted by Crippen LogP contribution is -1.69. The summed E-state index contributed by atoms with van der Waals surface area (Å²) in [5, 5.41) is 26.5. The predicted molar refractivity (Wildman–Crippen MR) is 68.1 cm³/mol. The van der Waals surface area contributed by atoms with Crippen LogP contribution in [-0.2, 0) is 0 Å². The van der Waals surface area contributed by atoms with Crippen LogP contribution in [0.15, 0.2) is 57.2 Å². The van der Waals surface area contributed by atoms with Gasteiger partial charge in [0.05, 0.1) is 5.69 Å². The molecule has 2 N–H and O–H groups in total. The molecule has 0 saturated heterocycles.